The van der Waals surface area contributed by atoms with E-state index in [1.165, 1.54) is 6.20 Å². The van der Waals surface area contributed by atoms with Crippen LogP contribution in [0, 0.1) is 11.6 Å². The van der Waals surface area contributed by atoms with Gasteiger partial charge < -0.3 is 4.57 Å². The van der Waals surface area contributed by atoms with Gasteiger partial charge in [-0.1, -0.05) is 6.92 Å². The molecule has 1 aromatic carbocycles. The topological polar surface area (TPSA) is 64.0 Å². The van der Waals surface area contributed by atoms with Crippen LogP contribution in [0.2, 0.25) is 0 Å². The van der Waals surface area contributed by atoms with E-state index in [1.807, 2.05) is 6.92 Å². The molecule has 8 heteroatoms. The van der Waals surface area contributed by atoms with E-state index in [1.54, 1.807) is 22.9 Å². The number of hydrogen-bond acceptors (Lipinski definition) is 3. The molecule has 0 aliphatic heterocycles. The van der Waals surface area contributed by atoms with E-state index in [4.69, 9.17) is 0 Å². The zero-order valence-corrected chi connectivity index (χ0v) is 13.6. The highest BCUT2D eigenvalue weighted by Gasteiger charge is 2.22. The fourth-order valence-electron chi connectivity index (χ4n) is 2.54. The number of anilines is 1. The van der Waals surface area contributed by atoms with Crippen LogP contribution in [-0.4, -0.2) is 18.0 Å². The second-order valence-electron chi connectivity index (χ2n) is 5.32. The summed E-state index contributed by atoms with van der Waals surface area (Å²) in [6, 6.07) is 5.80. The number of rotatable bonds is 5. The van der Waals surface area contributed by atoms with E-state index < -0.39 is 21.7 Å². The number of aryl methyl sites for hydroxylation is 1. The molecule has 24 heavy (non-hydrogen) atoms. The minimum absolute atomic E-state index is 0.0173. The maximum atomic E-state index is 13.3. The molecule has 0 aliphatic carbocycles. The van der Waals surface area contributed by atoms with Crippen molar-refractivity contribution in [1.82, 2.24) is 9.55 Å². The lowest BCUT2D eigenvalue weighted by atomic mass is 10.3. The smallest absolute Gasteiger partial charge is 0.264 e. The van der Waals surface area contributed by atoms with Gasteiger partial charge in [0.25, 0.3) is 10.0 Å². The number of halogens is 2. The Bertz CT molecular complexity index is 979. The predicted molar refractivity (Wildman–Crippen MR) is 87.2 cm³/mol. The third kappa shape index (κ3) is 3.09. The van der Waals surface area contributed by atoms with E-state index in [0.29, 0.717) is 23.6 Å². The summed E-state index contributed by atoms with van der Waals surface area (Å²) in [5.74, 6) is -1.72. The first-order valence-corrected chi connectivity index (χ1v) is 8.82. The van der Waals surface area contributed by atoms with Crippen molar-refractivity contribution in [3.8, 4) is 0 Å². The van der Waals surface area contributed by atoms with Crippen LogP contribution < -0.4 is 4.72 Å². The number of nitrogens with zero attached hydrogens (tertiary/aromatic N) is 2. The molecular formula is C16H15F2N3O2S. The molecule has 0 saturated heterocycles. The fraction of sp³-hybridized carbons (Fsp3) is 0.188. The van der Waals surface area contributed by atoms with Gasteiger partial charge in [0.05, 0.1) is 5.69 Å². The summed E-state index contributed by atoms with van der Waals surface area (Å²) in [4.78, 5) is 4.24. The van der Waals surface area contributed by atoms with Crippen LogP contribution in [0.5, 0.6) is 0 Å². The molecule has 0 radical (unpaired) electrons. The van der Waals surface area contributed by atoms with Gasteiger partial charge in [0.2, 0.25) is 0 Å². The second-order valence-corrected chi connectivity index (χ2v) is 6.98. The lowest BCUT2D eigenvalue weighted by Crippen LogP contribution is -2.13. The van der Waals surface area contributed by atoms with Crippen molar-refractivity contribution >= 4 is 26.7 Å². The highest BCUT2D eigenvalue weighted by atomic mass is 32.2. The Balaban J connectivity index is 2.08. The molecule has 3 rings (SSSR count). The summed E-state index contributed by atoms with van der Waals surface area (Å²) < 4.78 is 55.8. The number of benzene rings is 1. The molecular weight excluding hydrogens is 336 g/mol. The summed E-state index contributed by atoms with van der Waals surface area (Å²) in [6.07, 6.45) is 3.88. The number of pyridine rings is 1. The van der Waals surface area contributed by atoms with Gasteiger partial charge in [0.1, 0.15) is 22.2 Å². The molecule has 2 aromatic heterocycles. The third-order valence-corrected chi connectivity index (χ3v) is 4.87. The van der Waals surface area contributed by atoms with Crippen molar-refractivity contribution in [3.05, 3.63) is 54.4 Å². The summed E-state index contributed by atoms with van der Waals surface area (Å²) in [7, 11) is -4.02. The van der Waals surface area contributed by atoms with Crippen LogP contribution in [-0.2, 0) is 16.6 Å². The lowest BCUT2D eigenvalue weighted by Gasteiger charge is -2.07. The minimum Gasteiger partial charge on any atom is -0.331 e. The van der Waals surface area contributed by atoms with Crippen LogP contribution in [0.25, 0.3) is 11.0 Å². The predicted octanol–water partition coefficient (Wildman–Crippen LogP) is 3.53. The van der Waals surface area contributed by atoms with Gasteiger partial charge >= 0.3 is 0 Å². The van der Waals surface area contributed by atoms with Crippen LogP contribution >= 0.6 is 0 Å². The van der Waals surface area contributed by atoms with Gasteiger partial charge in [-0.3, -0.25) is 4.72 Å². The highest BCUT2D eigenvalue weighted by molar-refractivity contribution is 7.93. The molecule has 0 amide bonds. The quantitative estimate of drug-likeness (QED) is 0.765. The first kappa shape index (κ1) is 16.4. The van der Waals surface area contributed by atoms with Crippen LogP contribution in [0.4, 0.5) is 14.5 Å². The number of sulfonamides is 1. The first-order chi connectivity index (χ1) is 11.4. The van der Waals surface area contributed by atoms with Crippen LogP contribution in [0.1, 0.15) is 13.3 Å². The molecule has 0 saturated carbocycles. The number of fused-ring (bicyclic) bond motifs is 1. The van der Waals surface area contributed by atoms with Crippen molar-refractivity contribution in [2.75, 3.05) is 4.72 Å². The van der Waals surface area contributed by atoms with E-state index in [-0.39, 0.29) is 10.6 Å². The molecule has 0 unspecified atom stereocenters. The standard InChI is InChI=1S/C16H15F2N3O2S/c1-2-6-21-10-15(14-4-3-5-19-16(14)21)24(22,23)20-13-8-11(17)7-12(18)9-13/h3-5,7-10,20H,2,6H2,1H3. The lowest BCUT2D eigenvalue weighted by molar-refractivity contribution is 0.584. The van der Waals surface area contributed by atoms with Crippen molar-refractivity contribution < 1.29 is 17.2 Å². The van der Waals surface area contributed by atoms with Crippen LogP contribution in [0.3, 0.4) is 0 Å². The maximum absolute atomic E-state index is 13.3. The van der Waals surface area contributed by atoms with E-state index in [2.05, 4.69) is 9.71 Å². The zero-order chi connectivity index (χ0) is 17.3. The van der Waals surface area contributed by atoms with E-state index in [0.717, 1.165) is 18.6 Å². The van der Waals surface area contributed by atoms with Crippen molar-refractivity contribution in [2.24, 2.45) is 0 Å². The fourth-order valence-corrected chi connectivity index (χ4v) is 3.79. The molecule has 0 spiro atoms. The Morgan fingerprint density at radius 3 is 2.58 bits per heavy atom. The first-order valence-electron chi connectivity index (χ1n) is 7.33. The average molecular weight is 351 g/mol. The number of hydrogen-bond donors (Lipinski definition) is 1. The molecule has 2 heterocycles. The Morgan fingerprint density at radius 1 is 1.21 bits per heavy atom. The van der Waals surface area contributed by atoms with Crippen molar-refractivity contribution in [2.45, 2.75) is 24.8 Å². The van der Waals surface area contributed by atoms with E-state index >= 15 is 0 Å². The van der Waals surface area contributed by atoms with Gasteiger partial charge in [-0.05, 0) is 30.7 Å². The number of aromatic nitrogens is 2. The van der Waals surface area contributed by atoms with Crippen molar-refractivity contribution in [3.63, 3.8) is 0 Å². The third-order valence-electron chi connectivity index (χ3n) is 3.47. The normalized spacial score (nSPS) is 11.8. The minimum atomic E-state index is -4.02. The van der Waals surface area contributed by atoms with Gasteiger partial charge in [-0.25, -0.2) is 22.2 Å². The summed E-state index contributed by atoms with van der Waals surface area (Å²) in [6.45, 7) is 2.58. The molecule has 0 aliphatic rings. The zero-order valence-electron chi connectivity index (χ0n) is 12.8. The molecule has 0 atom stereocenters. The molecule has 0 bridgehead atoms. The Hall–Kier alpha value is -2.48. The Kier molecular flexibility index (Phi) is 4.23. The summed E-state index contributed by atoms with van der Waals surface area (Å²) >= 11 is 0. The van der Waals surface area contributed by atoms with Gasteiger partial charge in [-0.15, -0.1) is 0 Å². The maximum Gasteiger partial charge on any atom is 0.264 e. The van der Waals surface area contributed by atoms with Gasteiger partial charge in [0, 0.05) is 30.4 Å². The Labute approximate surface area is 138 Å². The largest absolute Gasteiger partial charge is 0.331 e. The SMILES string of the molecule is CCCn1cc(S(=O)(=O)Nc2cc(F)cc(F)c2)c2cccnc21. The van der Waals surface area contributed by atoms with Crippen LogP contribution in [0.15, 0.2) is 47.6 Å². The molecule has 1 N–H and O–H groups in total. The Morgan fingerprint density at radius 2 is 1.92 bits per heavy atom. The summed E-state index contributed by atoms with van der Waals surface area (Å²) in [5.41, 5.74) is 0.373. The summed E-state index contributed by atoms with van der Waals surface area (Å²) in [5, 5.41) is 0.454. The molecule has 5 nitrogen and oxygen atoms in total. The second kappa shape index (κ2) is 6.20. The highest BCUT2D eigenvalue weighted by Crippen LogP contribution is 2.26. The number of nitrogens with one attached hydrogen (secondary N) is 1. The molecule has 126 valence electrons. The molecule has 0 fully saturated rings. The monoisotopic (exact) mass is 351 g/mol. The van der Waals surface area contributed by atoms with E-state index in [9.17, 15) is 17.2 Å². The average Bonchev–Trinajstić information content (AvgIpc) is 2.86. The molecule has 3 aromatic rings. The van der Waals surface area contributed by atoms with Gasteiger partial charge in [0.15, 0.2) is 0 Å². The van der Waals surface area contributed by atoms with Crippen molar-refractivity contribution in [1.29, 1.82) is 0 Å². The van der Waals surface area contributed by atoms with Gasteiger partial charge in [-0.2, -0.15) is 0 Å².